The minimum atomic E-state index is 0.838. The number of nitrogens with zero attached hydrogens (tertiary/aromatic N) is 2. The Kier molecular flexibility index (Phi) is 2.95. The zero-order chi connectivity index (χ0) is 13.2. The van der Waals surface area contributed by atoms with Crippen molar-refractivity contribution in [3.05, 3.63) is 60.0 Å². The summed E-state index contributed by atoms with van der Waals surface area (Å²) >= 11 is 0. The van der Waals surface area contributed by atoms with Gasteiger partial charge in [-0.2, -0.15) is 0 Å². The average molecular weight is 252 g/mol. The lowest BCUT2D eigenvalue weighted by molar-refractivity contribution is 0.415. The Bertz CT molecular complexity index is 716. The number of hydrogen-bond acceptors (Lipinski definition) is 2. The number of hydrogen-bond donors (Lipinski definition) is 0. The molecule has 3 nitrogen and oxygen atoms in total. The Morgan fingerprint density at radius 2 is 2.05 bits per heavy atom. The van der Waals surface area contributed by atoms with Gasteiger partial charge in [-0.25, -0.2) is 0 Å². The molecule has 96 valence electrons. The molecule has 0 spiro atoms. The molecule has 0 aliphatic carbocycles. The molecule has 0 atom stereocenters. The second-order valence-corrected chi connectivity index (χ2v) is 4.74. The van der Waals surface area contributed by atoms with Crippen molar-refractivity contribution in [1.29, 1.82) is 0 Å². The lowest BCUT2D eigenvalue weighted by Gasteiger charge is -2.07. The second kappa shape index (κ2) is 4.76. The molecule has 0 N–H and O–H groups in total. The number of fused-ring (bicyclic) bond motifs is 1. The van der Waals surface area contributed by atoms with Gasteiger partial charge >= 0.3 is 0 Å². The number of aromatic nitrogens is 2. The van der Waals surface area contributed by atoms with Crippen molar-refractivity contribution in [2.75, 3.05) is 7.11 Å². The van der Waals surface area contributed by atoms with Crippen molar-refractivity contribution < 1.29 is 4.74 Å². The van der Waals surface area contributed by atoms with Crippen molar-refractivity contribution in [3.8, 4) is 5.75 Å². The van der Waals surface area contributed by atoms with E-state index in [9.17, 15) is 0 Å². The van der Waals surface area contributed by atoms with E-state index in [1.165, 1.54) is 22.0 Å². The smallest absolute Gasteiger partial charge is 0.119 e. The third-order valence-corrected chi connectivity index (χ3v) is 3.26. The van der Waals surface area contributed by atoms with Crippen molar-refractivity contribution in [1.82, 2.24) is 9.55 Å². The lowest BCUT2D eigenvalue weighted by atomic mass is 10.2. The van der Waals surface area contributed by atoms with E-state index >= 15 is 0 Å². The zero-order valence-electron chi connectivity index (χ0n) is 11.1. The predicted octanol–water partition coefficient (Wildman–Crippen LogP) is 3.40. The first-order valence-corrected chi connectivity index (χ1v) is 6.30. The van der Waals surface area contributed by atoms with Crippen molar-refractivity contribution in [2.24, 2.45) is 0 Å². The molecule has 0 bridgehead atoms. The summed E-state index contributed by atoms with van der Waals surface area (Å²) in [5.41, 5.74) is 3.62. The molecule has 3 rings (SSSR count). The van der Waals surface area contributed by atoms with E-state index in [0.717, 1.165) is 12.3 Å². The maximum atomic E-state index is 5.25. The molecule has 0 amide bonds. The average Bonchev–Trinajstić information content (AvgIpc) is 2.81. The summed E-state index contributed by atoms with van der Waals surface area (Å²) in [6.45, 7) is 2.90. The summed E-state index contributed by atoms with van der Waals surface area (Å²) in [6.07, 6.45) is 5.90. The minimum Gasteiger partial charge on any atom is -0.497 e. The highest BCUT2D eigenvalue weighted by Crippen LogP contribution is 2.22. The van der Waals surface area contributed by atoms with Gasteiger partial charge in [0.05, 0.1) is 7.11 Å². The number of pyridine rings is 1. The van der Waals surface area contributed by atoms with Crippen molar-refractivity contribution in [3.63, 3.8) is 0 Å². The van der Waals surface area contributed by atoms with Crippen LogP contribution in [0.1, 0.15) is 11.1 Å². The van der Waals surface area contributed by atoms with Gasteiger partial charge in [0, 0.05) is 36.0 Å². The van der Waals surface area contributed by atoms with Gasteiger partial charge in [0.1, 0.15) is 5.75 Å². The highest BCUT2D eigenvalue weighted by atomic mass is 16.5. The van der Waals surface area contributed by atoms with Crippen LogP contribution in [0.15, 0.2) is 48.9 Å². The highest BCUT2D eigenvalue weighted by Gasteiger charge is 2.03. The number of aryl methyl sites for hydroxylation is 1. The topological polar surface area (TPSA) is 27.1 Å². The van der Waals surface area contributed by atoms with Gasteiger partial charge in [-0.1, -0.05) is 6.07 Å². The first-order valence-electron chi connectivity index (χ1n) is 6.30. The first kappa shape index (κ1) is 11.8. The van der Waals surface area contributed by atoms with Crippen LogP contribution < -0.4 is 4.74 Å². The minimum absolute atomic E-state index is 0.838. The molecule has 0 aliphatic heterocycles. The summed E-state index contributed by atoms with van der Waals surface area (Å²) in [5.74, 6) is 0.891. The van der Waals surface area contributed by atoms with Gasteiger partial charge in [0.25, 0.3) is 0 Å². The van der Waals surface area contributed by atoms with E-state index in [4.69, 9.17) is 4.74 Å². The van der Waals surface area contributed by atoms with E-state index in [-0.39, 0.29) is 0 Å². The standard InChI is InChI=1S/C16H16N2O/c1-12-7-13(10-17-9-12)11-18-6-5-14-8-15(19-2)3-4-16(14)18/h3-10H,11H2,1-2H3. The Hall–Kier alpha value is -2.29. The monoisotopic (exact) mass is 252 g/mol. The molecule has 0 unspecified atom stereocenters. The predicted molar refractivity (Wildman–Crippen MR) is 76.6 cm³/mol. The third kappa shape index (κ3) is 2.32. The normalized spacial score (nSPS) is 10.8. The van der Waals surface area contributed by atoms with Crippen LogP contribution >= 0.6 is 0 Å². The van der Waals surface area contributed by atoms with Crippen molar-refractivity contribution >= 4 is 10.9 Å². The van der Waals surface area contributed by atoms with Crippen LogP contribution in [0.5, 0.6) is 5.75 Å². The van der Waals surface area contributed by atoms with E-state index in [1.54, 1.807) is 7.11 Å². The molecule has 3 aromatic rings. The maximum Gasteiger partial charge on any atom is 0.119 e. The van der Waals surface area contributed by atoms with Gasteiger partial charge in [0.2, 0.25) is 0 Å². The second-order valence-electron chi connectivity index (χ2n) is 4.74. The third-order valence-electron chi connectivity index (χ3n) is 3.26. The van der Waals surface area contributed by atoms with E-state index in [0.29, 0.717) is 0 Å². The van der Waals surface area contributed by atoms with E-state index in [1.807, 2.05) is 18.5 Å². The Labute approximate surface area is 112 Å². The molecule has 3 heteroatoms. The quantitative estimate of drug-likeness (QED) is 0.714. The first-order chi connectivity index (χ1) is 9.26. The number of benzene rings is 1. The van der Waals surface area contributed by atoms with Crippen LogP contribution in [-0.2, 0) is 6.54 Å². The largest absolute Gasteiger partial charge is 0.497 e. The van der Waals surface area contributed by atoms with Crippen LogP contribution in [0.2, 0.25) is 0 Å². The van der Waals surface area contributed by atoms with Gasteiger partial charge in [0.15, 0.2) is 0 Å². The van der Waals surface area contributed by atoms with Gasteiger partial charge in [-0.05, 0) is 42.3 Å². The fourth-order valence-corrected chi connectivity index (χ4v) is 2.34. The molecule has 1 aromatic carbocycles. The SMILES string of the molecule is COc1ccc2c(ccn2Cc2cncc(C)c2)c1. The summed E-state index contributed by atoms with van der Waals surface area (Å²) in [6, 6.07) is 10.4. The molecular formula is C16H16N2O. The Morgan fingerprint density at radius 1 is 1.16 bits per heavy atom. The molecule has 0 radical (unpaired) electrons. The molecular weight excluding hydrogens is 236 g/mol. The van der Waals surface area contributed by atoms with Crippen LogP contribution in [0.3, 0.4) is 0 Å². The van der Waals surface area contributed by atoms with Crippen LogP contribution in [-0.4, -0.2) is 16.7 Å². The molecule has 0 saturated carbocycles. The summed E-state index contributed by atoms with van der Waals surface area (Å²) < 4.78 is 7.47. The number of ether oxygens (including phenoxy) is 1. The van der Waals surface area contributed by atoms with Crippen LogP contribution in [0.25, 0.3) is 10.9 Å². The molecule has 19 heavy (non-hydrogen) atoms. The molecule has 0 fully saturated rings. The molecule has 0 saturated heterocycles. The molecule has 2 heterocycles. The Balaban J connectivity index is 1.97. The zero-order valence-corrected chi connectivity index (χ0v) is 11.1. The van der Waals surface area contributed by atoms with Crippen molar-refractivity contribution in [2.45, 2.75) is 13.5 Å². The summed E-state index contributed by atoms with van der Waals surface area (Å²) in [5, 5.41) is 1.19. The number of methoxy groups -OCH3 is 1. The van der Waals surface area contributed by atoms with Crippen LogP contribution in [0, 0.1) is 6.92 Å². The van der Waals surface area contributed by atoms with Gasteiger partial charge in [-0.15, -0.1) is 0 Å². The maximum absolute atomic E-state index is 5.25. The highest BCUT2D eigenvalue weighted by molar-refractivity contribution is 5.81. The van der Waals surface area contributed by atoms with E-state index < -0.39 is 0 Å². The fraction of sp³-hybridized carbons (Fsp3) is 0.188. The summed E-state index contributed by atoms with van der Waals surface area (Å²) in [7, 11) is 1.69. The molecule has 0 aliphatic rings. The van der Waals surface area contributed by atoms with Gasteiger partial charge in [-0.3, -0.25) is 4.98 Å². The molecule has 2 aromatic heterocycles. The Morgan fingerprint density at radius 3 is 2.84 bits per heavy atom. The lowest BCUT2D eigenvalue weighted by Crippen LogP contribution is -1.98. The van der Waals surface area contributed by atoms with Crippen LogP contribution in [0.4, 0.5) is 0 Å². The summed E-state index contributed by atoms with van der Waals surface area (Å²) in [4.78, 5) is 4.24. The van der Waals surface area contributed by atoms with E-state index in [2.05, 4.69) is 46.9 Å². The fourth-order valence-electron chi connectivity index (χ4n) is 2.34. The van der Waals surface area contributed by atoms with Gasteiger partial charge < -0.3 is 9.30 Å². The number of rotatable bonds is 3.